The lowest BCUT2D eigenvalue weighted by Crippen LogP contribution is -2.37. The van der Waals surface area contributed by atoms with E-state index in [1.54, 1.807) is 49.3 Å². The number of nitrogens with zero attached hydrogens (tertiary/aromatic N) is 3. The van der Waals surface area contributed by atoms with E-state index in [9.17, 15) is 4.79 Å². The zero-order chi connectivity index (χ0) is 24.7. The van der Waals surface area contributed by atoms with Gasteiger partial charge in [-0.15, -0.1) is 11.3 Å². The number of methoxy groups -OCH3 is 2. The van der Waals surface area contributed by atoms with Crippen LogP contribution >= 0.6 is 11.3 Å². The molecule has 0 saturated heterocycles. The van der Waals surface area contributed by atoms with Gasteiger partial charge in [-0.1, -0.05) is 0 Å². The number of carbonyl (C=O) groups excluding carboxylic acids is 1. The van der Waals surface area contributed by atoms with Crippen molar-refractivity contribution in [2.45, 2.75) is 46.0 Å². The molecule has 0 aliphatic heterocycles. The topological polar surface area (TPSA) is 112 Å². The number of pyridine rings is 1. The molecule has 0 spiro atoms. The normalized spacial score (nSPS) is 11.2. The number of nitrogens with one attached hydrogen (secondary N) is 1. The van der Waals surface area contributed by atoms with Gasteiger partial charge in [-0.25, -0.2) is 14.8 Å². The minimum Gasteiger partial charge on any atom is -0.497 e. The van der Waals surface area contributed by atoms with Crippen molar-refractivity contribution in [3.05, 3.63) is 58.2 Å². The third-order valence-corrected chi connectivity index (χ3v) is 5.43. The van der Waals surface area contributed by atoms with Gasteiger partial charge in [-0.2, -0.15) is 0 Å². The highest BCUT2D eigenvalue weighted by molar-refractivity contribution is 7.07. The predicted molar refractivity (Wildman–Crippen MR) is 133 cm³/mol. The molecule has 0 unspecified atom stereocenters. The van der Waals surface area contributed by atoms with Crippen molar-refractivity contribution in [2.24, 2.45) is 0 Å². The number of hydrogen-bond acceptors (Lipinski definition) is 9. The number of benzene rings is 1. The summed E-state index contributed by atoms with van der Waals surface area (Å²) in [5, 5.41) is 5.27. The van der Waals surface area contributed by atoms with Crippen LogP contribution in [0.15, 0.2) is 41.2 Å². The molecule has 2 heterocycles. The SMILES string of the molecule is COc1ccc(CN(C(=O)OC(C)(C)C)c2ccc(N)c(CNCc3cscn3)n2)c(OC)c1. The van der Waals surface area contributed by atoms with E-state index in [4.69, 9.17) is 19.9 Å². The zero-order valence-corrected chi connectivity index (χ0v) is 20.9. The van der Waals surface area contributed by atoms with Crippen LogP contribution in [-0.4, -0.2) is 35.9 Å². The number of nitrogens with two attached hydrogens (primary N) is 1. The minimum absolute atomic E-state index is 0.185. The van der Waals surface area contributed by atoms with Crippen LogP contribution in [0.4, 0.5) is 16.3 Å². The van der Waals surface area contributed by atoms with Gasteiger partial charge in [0.1, 0.15) is 22.9 Å². The quantitative estimate of drug-likeness (QED) is 0.460. The van der Waals surface area contributed by atoms with Gasteiger partial charge in [0.15, 0.2) is 0 Å². The van der Waals surface area contributed by atoms with Crippen LogP contribution in [-0.2, 0) is 24.4 Å². The lowest BCUT2D eigenvalue weighted by atomic mass is 10.1. The van der Waals surface area contributed by atoms with Crippen LogP contribution in [0.1, 0.15) is 37.7 Å². The molecule has 1 aromatic carbocycles. The second-order valence-electron chi connectivity index (χ2n) is 8.53. The first-order valence-electron chi connectivity index (χ1n) is 10.7. The van der Waals surface area contributed by atoms with Gasteiger partial charge in [0, 0.05) is 30.1 Å². The molecule has 10 heteroatoms. The number of thiazole rings is 1. The monoisotopic (exact) mass is 485 g/mol. The largest absolute Gasteiger partial charge is 0.497 e. The summed E-state index contributed by atoms with van der Waals surface area (Å²) in [7, 11) is 3.16. The fourth-order valence-corrected chi connectivity index (χ4v) is 3.69. The van der Waals surface area contributed by atoms with Crippen LogP contribution in [0.2, 0.25) is 0 Å². The van der Waals surface area contributed by atoms with E-state index in [1.165, 1.54) is 4.90 Å². The van der Waals surface area contributed by atoms with Gasteiger partial charge in [-0.3, -0.25) is 4.90 Å². The maximum Gasteiger partial charge on any atom is 0.416 e. The molecule has 3 aromatic rings. The van der Waals surface area contributed by atoms with Gasteiger partial charge in [0.05, 0.1) is 43.4 Å². The maximum atomic E-state index is 13.2. The van der Waals surface area contributed by atoms with Crippen molar-refractivity contribution in [1.29, 1.82) is 0 Å². The first-order valence-corrected chi connectivity index (χ1v) is 11.7. The molecule has 0 saturated carbocycles. The highest BCUT2D eigenvalue weighted by atomic mass is 32.1. The molecule has 2 aromatic heterocycles. The van der Waals surface area contributed by atoms with Gasteiger partial charge in [-0.05, 0) is 45.0 Å². The molecule has 0 aliphatic carbocycles. The highest BCUT2D eigenvalue weighted by Gasteiger charge is 2.26. The molecule has 0 aliphatic rings. The third-order valence-electron chi connectivity index (χ3n) is 4.79. The summed E-state index contributed by atoms with van der Waals surface area (Å²) in [4.78, 5) is 23.6. The second kappa shape index (κ2) is 11.2. The molecule has 0 fully saturated rings. The Balaban J connectivity index is 1.89. The Morgan fingerprint density at radius 3 is 2.59 bits per heavy atom. The van der Waals surface area contributed by atoms with Gasteiger partial charge < -0.3 is 25.3 Å². The van der Waals surface area contributed by atoms with E-state index in [-0.39, 0.29) is 6.54 Å². The standard InChI is InChI=1S/C24H31N5O4S/c1-24(2,3)33-23(30)29(13-16-6-7-18(31-4)10-21(16)32-5)22-9-8-19(25)20(28-22)12-26-11-17-14-34-15-27-17/h6-10,14-15,26H,11-13,25H2,1-5H3. The highest BCUT2D eigenvalue weighted by Crippen LogP contribution is 2.28. The summed E-state index contributed by atoms with van der Waals surface area (Å²) in [6, 6.07) is 8.88. The van der Waals surface area contributed by atoms with E-state index in [2.05, 4.69) is 15.3 Å². The van der Waals surface area contributed by atoms with Crippen molar-refractivity contribution < 1.29 is 19.0 Å². The molecule has 3 rings (SSSR count). The number of carbonyl (C=O) groups is 1. The van der Waals surface area contributed by atoms with Crippen LogP contribution in [0.5, 0.6) is 11.5 Å². The maximum absolute atomic E-state index is 13.2. The molecular weight excluding hydrogens is 454 g/mol. The molecule has 0 bridgehead atoms. The van der Waals surface area contributed by atoms with Crippen molar-refractivity contribution in [1.82, 2.24) is 15.3 Å². The van der Waals surface area contributed by atoms with E-state index in [0.29, 0.717) is 41.8 Å². The Kier molecular flexibility index (Phi) is 8.30. The molecule has 0 radical (unpaired) electrons. The fraction of sp³-hybridized carbons (Fsp3) is 0.375. The van der Waals surface area contributed by atoms with E-state index < -0.39 is 11.7 Å². The molecular formula is C24H31N5O4S. The summed E-state index contributed by atoms with van der Waals surface area (Å²) in [5.74, 6) is 1.67. The van der Waals surface area contributed by atoms with Crippen molar-refractivity contribution in [3.8, 4) is 11.5 Å². The number of hydrogen-bond donors (Lipinski definition) is 2. The second-order valence-corrected chi connectivity index (χ2v) is 9.25. The Morgan fingerprint density at radius 2 is 1.94 bits per heavy atom. The zero-order valence-electron chi connectivity index (χ0n) is 20.1. The number of anilines is 2. The summed E-state index contributed by atoms with van der Waals surface area (Å²) in [6.45, 7) is 6.66. The number of aromatic nitrogens is 2. The lowest BCUT2D eigenvalue weighted by Gasteiger charge is -2.28. The van der Waals surface area contributed by atoms with Crippen molar-refractivity contribution >= 4 is 28.9 Å². The number of ether oxygens (including phenoxy) is 3. The Hall–Kier alpha value is -3.37. The third kappa shape index (κ3) is 6.82. The van der Waals surface area contributed by atoms with E-state index in [1.807, 2.05) is 38.3 Å². The van der Waals surface area contributed by atoms with E-state index in [0.717, 1.165) is 11.3 Å². The van der Waals surface area contributed by atoms with Gasteiger partial charge in [0.25, 0.3) is 0 Å². The molecule has 9 nitrogen and oxygen atoms in total. The van der Waals surface area contributed by atoms with Crippen LogP contribution in [0.3, 0.4) is 0 Å². The molecule has 182 valence electrons. The summed E-state index contributed by atoms with van der Waals surface area (Å²) >= 11 is 1.54. The lowest BCUT2D eigenvalue weighted by molar-refractivity contribution is 0.0576. The molecule has 34 heavy (non-hydrogen) atoms. The Labute approximate surface area is 203 Å². The van der Waals surface area contributed by atoms with Gasteiger partial charge >= 0.3 is 6.09 Å². The minimum atomic E-state index is -0.676. The predicted octanol–water partition coefficient (Wildman–Crippen LogP) is 4.37. The average Bonchev–Trinajstić information content (AvgIpc) is 3.31. The van der Waals surface area contributed by atoms with Crippen molar-refractivity contribution in [3.63, 3.8) is 0 Å². The first kappa shape index (κ1) is 25.3. The average molecular weight is 486 g/mol. The Morgan fingerprint density at radius 1 is 1.15 bits per heavy atom. The summed E-state index contributed by atoms with van der Waals surface area (Å²) in [5.41, 5.74) is 10.2. The Bertz CT molecular complexity index is 1100. The van der Waals surface area contributed by atoms with Crippen LogP contribution in [0.25, 0.3) is 0 Å². The first-order chi connectivity index (χ1) is 16.2. The molecule has 3 N–H and O–H groups in total. The van der Waals surface area contributed by atoms with Crippen molar-refractivity contribution in [2.75, 3.05) is 24.9 Å². The van der Waals surface area contributed by atoms with Crippen LogP contribution in [0, 0.1) is 0 Å². The number of nitrogen functional groups attached to an aromatic ring is 1. The van der Waals surface area contributed by atoms with Crippen LogP contribution < -0.4 is 25.4 Å². The fourth-order valence-electron chi connectivity index (χ4n) is 3.14. The summed E-state index contributed by atoms with van der Waals surface area (Å²) < 4.78 is 16.5. The van der Waals surface area contributed by atoms with E-state index >= 15 is 0 Å². The molecule has 1 amide bonds. The molecule has 0 atom stereocenters. The number of rotatable bonds is 9. The van der Waals surface area contributed by atoms with Gasteiger partial charge in [0.2, 0.25) is 0 Å². The summed E-state index contributed by atoms with van der Waals surface area (Å²) in [6.07, 6.45) is -0.524. The number of amides is 1. The smallest absolute Gasteiger partial charge is 0.416 e.